The van der Waals surface area contributed by atoms with Crippen LogP contribution in [0.15, 0.2) is 42.5 Å². The Labute approximate surface area is 152 Å². The Hall–Kier alpha value is -2.27. The third kappa shape index (κ3) is 3.71. The largest absolute Gasteiger partial charge is 0.324 e. The van der Waals surface area contributed by atoms with Gasteiger partial charge in [0.1, 0.15) is 6.04 Å². The van der Waals surface area contributed by atoms with Crippen molar-refractivity contribution in [3.8, 4) is 0 Å². The molecule has 1 unspecified atom stereocenters. The zero-order valence-electron chi connectivity index (χ0n) is 14.7. The number of thioether (sulfide) groups is 1. The number of amides is 2. The van der Waals surface area contributed by atoms with E-state index in [1.54, 1.807) is 16.7 Å². The quantitative estimate of drug-likeness (QED) is 0.913. The Balaban J connectivity index is 1.76. The normalized spacial score (nSPS) is 16.8. The van der Waals surface area contributed by atoms with Gasteiger partial charge in [0.15, 0.2) is 0 Å². The van der Waals surface area contributed by atoms with Crippen molar-refractivity contribution in [2.45, 2.75) is 26.8 Å². The summed E-state index contributed by atoms with van der Waals surface area (Å²) in [6.07, 6.45) is 0. The molecule has 0 spiro atoms. The summed E-state index contributed by atoms with van der Waals surface area (Å²) >= 11 is 1.61. The first-order valence-electron chi connectivity index (χ1n) is 8.30. The minimum absolute atomic E-state index is 0.0802. The number of hydrogen-bond acceptors (Lipinski definition) is 3. The predicted octanol–water partition coefficient (Wildman–Crippen LogP) is 3.77. The molecule has 0 radical (unpaired) electrons. The van der Waals surface area contributed by atoms with Crippen LogP contribution in [0, 0.1) is 20.8 Å². The first-order valence-corrected chi connectivity index (χ1v) is 9.45. The van der Waals surface area contributed by atoms with Crippen LogP contribution in [0.5, 0.6) is 0 Å². The summed E-state index contributed by atoms with van der Waals surface area (Å²) in [5.74, 6) is 0.950. The number of hydrogen-bond donors (Lipinski definition) is 1. The Morgan fingerprint density at radius 2 is 1.80 bits per heavy atom. The fourth-order valence-corrected chi connectivity index (χ4v) is 4.03. The molecule has 1 aliphatic rings. The number of benzene rings is 2. The summed E-state index contributed by atoms with van der Waals surface area (Å²) < 4.78 is 0. The van der Waals surface area contributed by atoms with Gasteiger partial charge in [0.2, 0.25) is 5.91 Å². The highest BCUT2D eigenvalue weighted by Gasteiger charge is 2.35. The van der Waals surface area contributed by atoms with Gasteiger partial charge >= 0.3 is 0 Å². The number of aryl methyl sites for hydroxylation is 3. The van der Waals surface area contributed by atoms with Gasteiger partial charge in [-0.15, -0.1) is 11.8 Å². The molecular weight excluding hydrogens is 332 g/mol. The molecule has 1 atom stereocenters. The van der Waals surface area contributed by atoms with E-state index in [1.807, 2.05) is 63.2 Å². The number of carbonyl (C=O) groups is 2. The zero-order chi connectivity index (χ0) is 18.0. The fraction of sp³-hybridized carbons (Fsp3) is 0.300. The van der Waals surface area contributed by atoms with Crippen LogP contribution < -0.4 is 5.32 Å². The monoisotopic (exact) mass is 354 g/mol. The van der Waals surface area contributed by atoms with E-state index in [-0.39, 0.29) is 11.8 Å². The molecule has 0 aromatic heterocycles. The SMILES string of the molecule is Cc1ccc(NC(=O)C2CSCN2C(=O)c2ccccc2C)cc1C. The molecule has 1 saturated heterocycles. The van der Waals surface area contributed by atoms with Crippen molar-refractivity contribution in [1.82, 2.24) is 4.90 Å². The van der Waals surface area contributed by atoms with E-state index in [0.29, 0.717) is 17.2 Å². The Morgan fingerprint density at radius 3 is 2.52 bits per heavy atom. The van der Waals surface area contributed by atoms with Gasteiger partial charge < -0.3 is 10.2 Å². The summed E-state index contributed by atoms with van der Waals surface area (Å²) in [6, 6.07) is 12.9. The summed E-state index contributed by atoms with van der Waals surface area (Å²) in [6.45, 7) is 5.97. The van der Waals surface area contributed by atoms with Crippen LogP contribution in [0.2, 0.25) is 0 Å². The maximum atomic E-state index is 12.9. The van der Waals surface area contributed by atoms with Crippen molar-refractivity contribution >= 4 is 29.3 Å². The van der Waals surface area contributed by atoms with Crippen LogP contribution >= 0.6 is 11.8 Å². The second-order valence-electron chi connectivity index (χ2n) is 6.39. The third-order valence-corrected chi connectivity index (χ3v) is 5.61. The van der Waals surface area contributed by atoms with Crippen LogP contribution in [-0.4, -0.2) is 34.4 Å². The van der Waals surface area contributed by atoms with Gasteiger partial charge in [0.05, 0.1) is 5.88 Å². The average Bonchev–Trinajstić information content (AvgIpc) is 3.08. The van der Waals surface area contributed by atoms with Gasteiger partial charge in [-0.05, 0) is 55.7 Å². The topological polar surface area (TPSA) is 49.4 Å². The van der Waals surface area contributed by atoms with Crippen LogP contribution in [-0.2, 0) is 4.79 Å². The highest BCUT2D eigenvalue weighted by Crippen LogP contribution is 2.25. The zero-order valence-corrected chi connectivity index (χ0v) is 15.5. The van der Waals surface area contributed by atoms with Gasteiger partial charge in [-0.1, -0.05) is 24.3 Å². The number of carbonyl (C=O) groups excluding carboxylic acids is 2. The molecule has 4 nitrogen and oxygen atoms in total. The molecule has 0 bridgehead atoms. The van der Waals surface area contributed by atoms with Crippen molar-refractivity contribution in [2.24, 2.45) is 0 Å². The minimum Gasteiger partial charge on any atom is -0.324 e. The molecule has 130 valence electrons. The summed E-state index contributed by atoms with van der Waals surface area (Å²) in [4.78, 5) is 27.3. The lowest BCUT2D eigenvalue weighted by Gasteiger charge is -2.24. The number of nitrogens with zero attached hydrogens (tertiary/aromatic N) is 1. The van der Waals surface area contributed by atoms with Crippen LogP contribution in [0.3, 0.4) is 0 Å². The molecule has 0 aliphatic carbocycles. The van der Waals surface area contributed by atoms with Crippen molar-refractivity contribution in [2.75, 3.05) is 16.9 Å². The molecule has 2 amide bonds. The molecule has 2 aromatic carbocycles. The van der Waals surface area contributed by atoms with E-state index in [4.69, 9.17) is 0 Å². The lowest BCUT2D eigenvalue weighted by molar-refractivity contribution is -0.119. The summed E-state index contributed by atoms with van der Waals surface area (Å²) in [5.41, 5.74) is 4.68. The van der Waals surface area contributed by atoms with E-state index in [2.05, 4.69) is 5.32 Å². The van der Waals surface area contributed by atoms with Crippen LogP contribution in [0.1, 0.15) is 27.0 Å². The smallest absolute Gasteiger partial charge is 0.255 e. The fourth-order valence-electron chi connectivity index (χ4n) is 2.87. The van der Waals surface area contributed by atoms with E-state index in [1.165, 1.54) is 5.56 Å². The Kier molecular flexibility index (Phi) is 5.13. The lowest BCUT2D eigenvalue weighted by Crippen LogP contribution is -2.44. The molecule has 5 heteroatoms. The Morgan fingerprint density at radius 1 is 1.04 bits per heavy atom. The van der Waals surface area contributed by atoms with Gasteiger partial charge in [-0.3, -0.25) is 9.59 Å². The third-order valence-electron chi connectivity index (χ3n) is 4.60. The van der Waals surface area contributed by atoms with Gasteiger partial charge in [0, 0.05) is 17.0 Å². The first kappa shape index (κ1) is 17.5. The first-order chi connectivity index (χ1) is 12.0. The standard InChI is InChI=1S/C20H22N2O2S/c1-13-8-9-16(10-15(13)3)21-19(23)18-11-25-12-22(18)20(24)17-7-5-4-6-14(17)2/h4-10,18H,11-12H2,1-3H3,(H,21,23). The summed E-state index contributed by atoms with van der Waals surface area (Å²) in [5, 5.41) is 2.96. The molecule has 1 heterocycles. The molecule has 2 aromatic rings. The van der Waals surface area contributed by atoms with E-state index >= 15 is 0 Å². The second kappa shape index (κ2) is 7.31. The maximum absolute atomic E-state index is 12.9. The van der Waals surface area contributed by atoms with Crippen molar-refractivity contribution in [3.05, 3.63) is 64.7 Å². The van der Waals surface area contributed by atoms with Crippen LogP contribution in [0.25, 0.3) is 0 Å². The molecule has 25 heavy (non-hydrogen) atoms. The highest BCUT2D eigenvalue weighted by atomic mass is 32.2. The average molecular weight is 354 g/mol. The molecule has 1 aliphatic heterocycles. The van der Waals surface area contributed by atoms with Crippen LogP contribution in [0.4, 0.5) is 5.69 Å². The highest BCUT2D eigenvalue weighted by molar-refractivity contribution is 7.99. The predicted molar refractivity (Wildman–Crippen MR) is 103 cm³/mol. The number of anilines is 1. The molecular formula is C20H22N2O2S. The molecule has 3 rings (SSSR count). The van der Waals surface area contributed by atoms with Gasteiger partial charge in [-0.25, -0.2) is 0 Å². The number of nitrogens with one attached hydrogen (secondary N) is 1. The maximum Gasteiger partial charge on any atom is 0.255 e. The minimum atomic E-state index is -0.446. The number of rotatable bonds is 3. The van der Waals surface area contributed by atoms with E-state index in [9.17, 15) is 9.59 Å². The Bertz CT molecular complexity index is 819. The molecule has 0 saturated carbocycles. The summed E-state index contributed by atoms with van der Waals surface area (Å²) in [7, 11) is 0. The van der Waals surface area contributed by atoms with Crippen molar-refractivity contribution in [1.29, 1.82) is 0 Å². The second-order valence-corrected chi connectivity index (χ2v) is 7.39. The lowest BCUT2D eigenvalue weighted by atomic mass is 10.1. The molecule has 1 N–H and O–H groups in total. The molecule has 1 fully saturated rings. The van der Waals surface area contributed by atoms with Crippen molar-refractivity contribution in [3.63, 3.8) is 0 Å². The van der Waals surface area contributed by atoms with Gasteiger partial charge in [0.25, 0.3) is 5.91 Å². The van der Waals surface area contributed by atoms with E-state index < -0.39 is 6.04 Å². The van der Waals surface area contributed by atoms with E-state index in [0.717, 1.165) is 16.8 Å². The van der Waals surface area contributed by atoms with Gasteiger partial charge in [-0.2, -0.15) is 0 Å². The van der Waals surface area contributed by atoms with Crippen molar-refractivity contribution < 1.29 is 9.59 Å².